The van der Waals surface area contributed by atoms with Gasteiger partial charge in [0, 0.05) is 130 Å². The molecule has 0 saturated carbocycles. The Morgan fingerprint density at radius 3 is 1.38 bits per heavy atom. The van der Waals surface area contributed by atoms with E-state index in [1.807, 2.05) is 0 Å². The van der Waals surface area contributed by atoms with E-state index in [9.17, 15) is 72.5 Å². The van der Waals surface area contributed by atoms with E-state index in [1.165, 1.54) is 45.9 Å². The van der Waals surface area contributed by atoms with Crippen molar-refractivity contribution in [3.8, 4) is 11.5 Å². The number of aromatic hydroxyl groups is 1. The number of rotatable bonds is 71. The summed E-state index contributed by atoms with van der Waals surface area (Å²) in [6.45, 7) is 3.11. The van der Waals surface area contributed by atoms with E-state index in [4.69, 9.17) is 87.1 Å². The SMILES string of the molecule is N=N/C(=C\Nc1ccc(O)c(F)c1)c1ccc2cc(OCCCC(=O)NC(COCCC(=O)NCCOCCOCCOCC/C(NCc3ccc(Br)cc3F)=C(/N)[C@H]3OCC[C@@H](O)[C@H]3O)(COCCC(=O)NCCOCCOCCOCCc3c([C@H]4OCC[C@@H](O)[C@H]4O)nnn3Cc3ccc(Br)cc3F)COCCC(=O)NCCOCCOCCOCCc3c([C@H]4OCC[C@@H](O)[C@H]4O)nnn3Cc3ccc(Br)cc3F)ccc2n1. The number of aromatic nitrogens is 7. The van der Waals surface area contributed by atoms with Gasteiger partial charge in [-0.15, -0.1) is 10.2 Å². The number of hydrogen-bond donors (Lipinski definition) is 15. The predicted molar refractivity (Wildman–Crippen MR) is 543 cm³/mol. The van der Waals surface area contributed by atoms with Crippen molar-refractivity contribution in [2.24, 2.45) is 10.8 Å². The Morgan fingerprint density at radius 1 is 0.473 bits per heavy atom. The molecule has 0 aliphatic carbocycles. The van der Waals surface area contributed by atoms with Crippen LogP contribution < -0.4 is 42.4 Å². The molecule has 3 aliphatic rings. The lowest BCUT2D eigenvalue weighted by Gasteiger charge is -2.34. The minimum atomic E-state index is -1.51. The Morgan fingerprint density at radius 2 is 0.913 bits per heavy atom. The highest BCUT2D eigenvalue weighted by atomic mass is 79.9. The molecule has 3 fully saturated rings. The van der Waals surface area contributed by atoms with Gasteiger partial charge in [-0.05, 0) is 98.5 Å². The number of benzene rings is 5. The van der Waals surface area contributed by atoms with Gasteiger partial charge in [0.1, 0.15) is 82.4 Å². The second-order valence-corrected chi connectivity index (χ2v) is 37.8. The van der Waals surface area contributed by atoms with Gasteiger partial charge >= 0.3 is 0 Å². The Balaban J connectivity index is 0.644. The van der Waals surface area contributed by atoms with Crippen molar-refractivity contribution in [1.82, 2.24) is 61.6 Å². The van der Waals surface area contributed by atoms with E-state index in [0.29, 0.717) is 86.6 Å². The monoisotopic (exact) mass is 2300 g/mol. The van der Waals surface area contributed by atoms with Crippen molar-refractivity contribution in [3.63, 3.8) is 0 Å². The second kappa shape index (κ2) is 65.6. The molecule has 8 aromatic rings. The average molecular weight is 2310 g/mol. The molecule has 5 aromatic carbocycles. The molecule has 150 heavy (non-hydrogen) atoms. The third kappa shape index (κ3) is 40.5. The molecule has 4 amide bonds. The lowest BCUT2D eigenvalue weighted by Crippen LogP contribution is -2.58. The smallest absolute Gasteiger partial charge is 0.222 e. The third-order valence-corrected chi connectivity index (χ3v) is 25.4. The maximum Gasteiger partial charge on any atom is 0.222 e. The molecule has 16 N–H and O–H groups in total. The van der Waals surface area contributed by atoms with E-state index >= 15 is 0 Å². The van der Waals surface area contributed by atoms with E-state index in [0.717, 1.165) is 6.07 Å². The van der Waals surface area contributed by atoms with E-state index in [2.05, 4.69) is 110 Å². The van der Waals surface area contributed by atoms with Crippen LogP contribution in [-0.2, 0) is 123 Å². The summed E-state index contributed by atoms with van der Waals surface area (Å²) in [5.41, 5.74) is 17.5. The second-order valence-electron chi connectivity index (χ2n) is 35.1. The van der Waals surface area contributed by atoms with Crippen molar-refractivity contribution < 1.29 is 148 Å². The number of carbonyl (C=O) groups excluding carboxylic acids is 4. The summed E-state index contributed by atoms with van der Waals surface area (Å²) in [5, 5.41) is 112. The molecule has 0 radical (unpaired) electrons. The van der Waals surface area contributed by atoms with Gasteiger partial charge in [-0.2, -0.15) is 5.11 Å². The van der Waals surface area contributed by atoms with Gasteiger partial charge in [0.2, 0.25) is 23.6 Å². The average Bonchev–Trinajstić information content (AvgIpc) is 1.67. The molecule has 9 atom stereocenters. The number of fused-ring (bicyclic) bond motifs is 1. The predicted octanol–water partition coefficient (Wildman–Crippen LogP) is 6.95. The first-order valence-electron chi connectivity index (χ1n) is 49.4. The van der Waals surface area contributed by atoms with E-state index in [-0.39, 0.29) is 324 Å². The van der Waals surface area contributed by atoms with Gasteiger partial charge in [0.25, 0.3) is 0 Å². The van der Waals surface area contributed by atoms with Crippen LogP contribution in [0.1, 0.15) is 115 Å². The highest BCUT2D eigenvalue weighted by Crippen LogP contribution is 2.35. The first-order valence-corrected chi connectivity index (χ1v) is 51.8. The number of ether oxygens (including phenoxy) is 16. The summed E-state index contributed by atoms with van der Waals surface area (Å²) in [5.74, 6) is -3.90. The summed E-state index contributed by atoms with van der Waals surface area (Å²) in [6.07, 6.45) is -7.20. The Hall–Kier alpha value is -9.93. The molecule has 50 heteroatoms. The molecular formula is C100H133Br3F4N16O27. The first-order chi connectivity index (χ1) is 72.7. The van der Waals surface area contributed by atoms with Gasteiger partial charge in [-0.25, -0.2) is 37.4 Å². The van der Waals surface area contributed by atoms with Gasteiger partial charge in [-0.1, -0.05) is 82.5 Å². The molecule has 0 spiro atoms. The molecule has 11 rings (SSSR count). The van der Waals surface area contributed by atoms with Crippen molar-refractivity contribution in [1.29, 1.82) is 5.53 Å². The number of amides is 4. The minimum Gasteiger partial charge on any atom is -0.505 e. The van der Waals surface area contributed by atoms with Crippen molar-refractivity contribution >= 4 is 93.7 Å². The fourth-order valence-corrected chi connectivity index (χ4v) is 16.8. The number of aliphatic hydroxyl groups is 6. The molecule has 0 bridgehead atoms. The van der Waals surface area contributed by atoms with E-state index < -0.39 is 95.4 Å². The maximum absolute atomic E-state index is 15.0. The Kier molecular flexibility index (Phi) is 52.6. The minimum absolute atomic E-state index is 0.0376. The van der Waals surface area contributed by atoms with Crippen LogP contribution in [0.4, 0.5) is 23.2 Å². The van der Waals surface area contributed by atoms with Gasteiger partial charge in [0.05, 0.1) is 245 Å². The molecule has 3 aromatic heterocycles. The summed E-state index contributed by atoms with van der Waals surface area (Å²) < 4.78 is 157. The van der Waals surface area contributed by atoms with Crippen molar-refractivity contribution in [2.45, 2.75) is 151 Å². The van der Waals surface area contributed by atoms with Crippen molar-refractivity contribution in [3.05, 3.63) is 203 Å². The lowest BCUT2D eigenvalue weighted by atomic mass is 9.98. The maximum atomic E-state index is 15.0. The third-order valence-electron chi connectivity index (χ3n) is 23.9. The summed E-state index contributed by atoms with van der Waals surface area (Å²) >= 11 is 9.84. The largest absolute Gasteiger partial charge is 0.505 e. The fourth-order valence-electron chi connectivity index (χ4n) is 15.8. The van der Waals surface area contributed by atoms with Crippen molar-refractivity contribution in [2.75, 3.05) is 210 Å². The zero-order chi connectivity index (χ0) is 107. The molecule has 3 aliphatic heterocycles. The topological polar surface area (TPSA) is 566 Å². The normalized spacial score (nSPS) is 18.2. The number of nitrogens with two attached hydrogens (primary N) is 1. The number of aliphatic hydroxyl groups excluding tert-OH is 6. The van der Waals surface area contributed by atoms with Crippen LogP contribution in [0.3, 0.4) is 0 Å². The highest BCUT2D eigenvalue weighted by molar-refractivity contribution is 9.11. The summed E-state index contributed by atoms with van der Waals surface area (Å²) in [7, 11) is 0. The van der Waals surface area contributed by atoms with E-state index in [1.54, 1.807) is 66.7 Å². The summed E-state index contributed by atoms with van der Waals surface area (Å²) in [6, 6.07) is 26.3. The summed E-state index contributed by atoms with van der Waals surface area (Å²) in [4.78, 5) is 58.9. The van der Waals surface area contributed by atoms with Crippen LogP contribution >= 0.6 is 47.8 Å². The van der Waals surface area contributed by atoms with Gasteiger partial charge in [0.15, 0.2) is 11.6 Å². The number of carbonyl (C=O) groups is 4. The van der Waals surface area contributed by atoms with Crippen LogP contribution in [0.15, 0.2) is 139 Å². The molecule has 6 heterocycles. The zero-order valence-electron chi connectivity index (χ0n) is 83.0. The zero-order valence-corrected chi connectivity index (χ0v) is 87.8. The standard InChI is InChI=1S/C100H133Br3F4N16O27/c101-68-7-3-65(73(104)53-68)57-114-79(91(108)97-94(132)84(125)18-34-148-97)15-28-135-40-46-141-49-43-138-37-24-110-87(128)21-31-144-61-100(116-90(131)2-1-27-147-72-11-13-77-64(52-72)6-12-78(115-77)80(117-109)58-113-71-10-14-83(124)76(107)56-71,62-145-32-22-88(129)111-25-38-139-44-50-142-47-41-136-29-16-81-92(98-95(133)85(126)19-35-149-98)118-120-122(81)59-66-4-8-69(102)54-74(66)105)63-146-33-23-89(130)112-26-39-140-45-51-143-48-42-137-30-17-82-93(99-96(134)86(127)20-36-150-99)119-121-123(82)60-67-5-9-70(103)55-75(67)106/h3-14,52-56,58,84-86,94-99,109,113-114,124-127,132-134H,1-2,15-51,57,59-63,108H2,(H,110,128)(H,111,129)(H,112,130)(H,116,131)/b80-58-,91-79-,117-109?/t84-,85-,86-,94-,95-,96-,97-,98-,99-/m1/s1. The number of nitrogens with one attached hydrogen (secondary N) is 7. The number of phenolic OH excluding ortho intramolecular Hbond substituents is 1. The lowest BCUT2D eigenvalue weighted by molar-refractivity contribution is -0.138. The quantitative estimate of drug-likeness (QED) is 0.00793. The molecular weight excluding hydrogens is 2170 g/mol. The highest BCUT2D eigenvalue weighted by Gasteiger charge is 2.41. The fraction of sp³-hybridized carbons (Fsp3) is 0.550. The Labute approximate surface area is 889 Å². The molecule has 824 valence electrons. The molecule has 0 unspecified atom stereocenters. The number of pyridine rings is 1. The van der Waals surface area contributed by atoms with Crippen LogP contribution in [0.5, 0.6) is 11.5 Å². The number of nitrogens with zero attached hydrogens (tertiary/aromatic N) is 8. The van der Waals surface area contributed by atoms with Crippen LogP contribution in [0.2, 0.25) is 0 Å². The van der Waals surface area contributed by atoms with Crippen LogP contribution in [0.25, 0.3) is 16.6 Å². The van der Waals surface area contributed by atoms with Gasteiger partial charge in [-0.3, -0.25) is 19.2 Å². The first kappa shape index (κ1) is 120. The van der Waals surface area contributed by atoms with Crippen LogP contribution in [0, 0.1) is 28.8 Å². The number of anilines is 1. The van der Waals surface area contributed by atoms with Crippen LogP contribution in [-0.4, -0.2) is 347 Å². The molecule has 43 nitrogen and oxygen atoms in total. The van der Waals surface area contributed by atoms with Gasteiger partial charge < -0.3 is 149 Å². The number of hydrogen-bond acceptors (Lipinski definition) is 37. The Bertz CT molecular complexity index is 5420. The molecule has 3 saturated heterocycles. The number of phenols is 1. The number of halogens is 7.